The van der Waals surface area contributed by atoms with Gasteiger partial charge in [-0.15, -0.1) is 0 Å². The first-order valence-electron chi connectivity index (χ1n) is 8.45. The van der Waals surface area contributed by atoms with Crippen LogP contribution in [-0.4, -0.2) is 35.8 Å². The van der Waals surface area contributed by atoms with E-state index < -0.39 is 0 Å². The van der Waals surface area contributed by atoms with Crippen LogP contribution < -0.4 is 5.32 Å². The second-order valence-corrected chi connectivity index (χ2v) is 8.04. The largest absolute Gasteiger partial charge is 0.306 e. The Kier molecular flexibility index (Phi) is 3.99. The summed E-state index contributed by atoms with van der Waals surface area (Å²) < 4.78 is 0. The van der Waals surface area contributed by atoms with Crippen molar-refractivity contribution in [2.75, 3.05) is 12.8 Å². The van der Waals surface area contributed by atoms with Gasteiger partial charge in [0.05, 0.1) is 0 Å². The molecule has 2 fully saturated rings. The van der Waals surface area contributed by atoms with Crippen molar-refractivity contribution < 1.29 is 0 Å². The van der Waals surface area contributed by atoms with Gasteiger partial charge in [-0.1, -0.05) is 30.7 Å². The maximum absolute atomic E-state index is 4.02. The highest BCUT2D eigenvalue weighted by atomic mass is 32.2. The van der Waals surface area contributed by atoms with Crippen LogP contribution in [0.3, 0.4) is 0 Å². The van der Waals surface area contributed by atoms with E-state index in [4.69, 9.17) is 0 Å². The Hall–Kier alpha value is -0.510. The van der Waals surface area contributed by atoms with Gasteiger partial charge in [-0.25, -0.2) is 0 Å². The van der Waals surface area contributed by atoms with Crippen molar-refractivity contribution in [2.24, 2.45) is 0 Å². The Morgan fingerprint density at radius 2 is 1.90 bits per heavy atom. The molecule has 0 saturated carbocycles. The predicted octanol–water partition coefficient (Wildman–Crippen LogP) is 3.58. The topological polar surface area (TPSA) is 15.3 Å². The third-order valence-electron chi connectivity index (χ3n) is 5.75. The lowest BCUT2D eigenvalue weighted by Gasteiger charge is -2.48. The Bertz CT molecular complexity index is 490. The van der Waals surface area contributed by atoms with Crippen LogP contribution in [0.5, 0.6) is 0 Å². The highest BCUT2D eigenvalue weighted by molar-refractivity contribution is 7.98. The maximum Gasteiger partial charge on any atom is 0.0417 e. The van der Waals surface area contributed by atoms with Crippen molar-refractivity contribution >= 4 is 11.8 Å². The average molecular weight is 302 g/mol. The molecule has 2 bridgehead atoms. The van der Waals surface area contributed by atoms with Crippen molar-refractivity contribution in [3.05, 3.63) is 35.4 Å². The molecule has 0 spiro atoms. The van der Waals surface area contributed by atoms with E-state index in [0.29, 0.717) is 12.1 Å². The Morgan fingerprint density at radius 1 is 1.14 bits per heavy atom. The van der Waals surface area contributed by atoms with Crippen molar-refractivity contribution in [1.29, 1.82) is 0 Å². The zero-order valence-electron chi connectivity index (χ0n) is 12.9. The molecule has 1 N–H and O–H groups in total. The third-order valence-corrected chi connectivity index (χ3v) is 6.83. The number of nitrogens with zero attached hydrogens (tertiary/aromatic N) is 1. The first-order chi connectivity index (χ1) is 10.3. The van der Waals surface area contributed by atoms with Crippen LogP contribution in [0.15, 0.2) is 24.3 Å². The van der Waals surface area contributed by atoms with Crippen LogP contribution in [0.4, 0.5) is 0 Å². The Labute approximate surface area is 132 Å². The lowest BCUT2D eigenvalue weighted by molar-refractivity contribution is 0.0463. The fraction of sp³-hybridized carbons (Fsp3) is 0.667. The standard InChI is InChI=1S/C18H26N2S/c1-20-15-6-4-7-16(20)10-14(9-15)19-18-12-21-11-13-5-2-3-8-17(13)18/h2-3,5,8,14-16,18-19H,4,6-7,9-12H2,1H3. The molecule has 0 radical (unpaired) electrons. The molecule has 3 aliphatic heterocycles. The number of piperidine rings is 2. The first-order valence-corrected chi connectivity index (χ1v) is 9.60. The van der Waals surface area contributed by atoms with Gasteiger partial charge in [0.25, 0.3) is 0 Å². The zero-order chi connectivity index (χ0) is 14.2. The van der Waals surface area contributed by atoms with E-state index in [9.17, 15) is 0 Å². The van der Waals surface area contributed by atoms with E-state index in [2.05, 4.69) is 53.3 Å². The summed E-state index contributed by atoms with van der Waals surface area (Å²) in [6.07, 6.45) is 6.93. The van der Waals surface area contributed by atoms with Gasteiger partial charge in [0.2, 0.25) is 0 Å². The van der Waals surface area contributed by atoms with Crippen LogP contribution in [0.1, 0.15) is 49.3 Å². The summed E-state index contributed by atoms with van der Waals surface area (Å²) in [4.78, 5) is 2.66. The summed E-state index contributed by atoms with van der Waals surface area (Å²) in [5.74, 6) is 2.42. The molecule has 21 heavy (non-hydrogen) atoms. The summed E-state index contributed by atoms with van der Waals surface area (Å²) in [6, 6.07) is 11.9. The van der Waals surface area contributed by atoms with Crippen LogP contribution in [0.2, 0.25) is 0 Å². The molecule has 4 rings (SSSR count). The average Bonchev–Trinajstić information content (AvgIpc) is 2.49. The van der Waals surface area contributed by atoms with Gasteiger partial charge in [-0.3, -0.25) is 0 Å². The summed E-state index contributed by atoms with van der Waals surface area (Å²) in [6.45, 7) is 0. The number of benzene rings is 1. The van der Waals surface area contributed by atoms with Gasteiger partial charge in [-0.2, -0.15) is 11.8 Å². The molecule has 1 aromatic rings. The van der Waals surface area contributed by atoms with Gasteiger partial charge < -0.3 is 10.2 Å². The minimum atomic E-state index is 0.564. The maximum atomic E-state index is 4.02. The van der Waals surface area contributed by atoms with E-state index in [1.54, 1.807) is 11.1 Å². The monoisotopic (exact) mass is 302 g/mol. The van der Waals surface area contributed by atoms with Gasteiger partial charge in [0.15, 0.2) is 0 Å². The molecular weight excluding hydrogens is 276 g/mol. The fourth-order valence-electron chi connectivity index (χ4n) is 4.56. The van der Waals surface area contributed by atoms with Crippen molar-refractivity contribution in [3.8, 4) is 0 Å². The van der Waals surface area contributed by atoms with Gasteiger partial charge in [0.1, 0.15) is 0 Å². The summed E-state index contributed by atoms with van der Waals surface area (Å²) >= 11 is 2.08. The number of fused-ring (bicyclic) bond motifs is 3. The van der Waals surface area contributed by atoms with E-state index in [1.165, 1.54) is 43.6 Å². The van der Waals surface area contributed by atoms with E-state index in [1.807, 2.05) is 0 Å². The molecule has 0 aromatic heterocycles. The molecule has 2 nitrogen and oxygen atoms in total. The van der Waals surface area contributed by atoms with E-state index in [0.717, 1.165) is 12.1 Å². The number of nitrogens with one attached hydrogen (secondary N) is 1. The molecule has 3 unspecified atom stereocenters. The lowest BCUT2D eigenvalue weighted by Crippen LogP contribution is -2.55. The minimum Gasteiger partial charge on any atom is -0.306 e. The van der Waals surface area contributed by atoms with Crippen LogP contribution in [0, 0.1) is 0 Å². The van der Waals surface area contributed by atoms with Crippen LogP contribution in [0.25, 0.3) is 0 Å². The molecule has 0 amide bonds. The molecule has 0 aliphatic carbocycles. The van der Waals surface area contributed by atoms with Gasteiger partial charge in [0, 0.05) is 35.7 Å². The zero-order valence-corrected chi connectivity index (χ0v) is 13.7. The Balaban J connectivity index is 1.48. The number of rotatable bonds is 2. The highest BCUT2D eigenvalue weighted by Crippen LogP contribution is 2.36. The van der Waals surface area contributed by atoms with Crippen LogP contribution in [-0.2, 0) is 5.75 Å². The number of hydrogen-bond donors (Lipinski definition) is 1. The first kappa shape index (κ1) is 14.1. The van der Waals surface area contributed by atoms with Crippen molar-refractivity contribution in [1.82, 2.24) is 10.2 Å². The molecule has 3 heterocycles. The predicted molar refractivity (Wildman–Crippen MR) is 90.7 cm³/mol. The molecule has 3 atom stereocenters. The summed E-state index contributed by atoms with van der Waals surface area (Å²) in [5, 5.41) is 4.02. The molecule has 3 aliphatic rings. The van der Waals surface area contributed by atoms with Gasteiger partial charge >= 0.3 is 0 Å². The third kappa shape index (κ3) is 2.76. The second kappa shape index (κ2) is 5.94. The minimum absolute atomic E-state index is 0.564. The van der Waals surface area contributed by atoms with Crippen molar-refractivity contribution in [3.63, 3.8) is 0 Å². The molecule has 2 saturated heterocycles. The number of thioether (sulfide) groups is 1. The normalized spacial score (nSPS) is 36.2. The second-order valence-electron chi connectivity index (χ2n) is 7.01. The van der Waals surface area contributed by atoms with E-state index in [-0.39, 0.29) is 0 Å². The van der Waals surface area contributed by atoms with Gasteiger partial charge in [-0.05, 0) is 43.9 Å². The van der Waals surface area contributed by atoms with Crippen molar-refractivity contribution in [2.45, 2.75) is 62.0 Å². The molecular formula is C18H26N2S. The fourth-order valence-corrected chi connectivity index (χ4v) is 5.67. The number of hydrogen-bond acceptors (Lipinski definition) is 3. The SMILES string of the molecule is CN1C2CCCC1CC(NC1CSCc3ccccc31)C2. The lowest BCUT2D eigenvalue weighted by atomic mass is 9.82. The Morgan fingerprint density at radius 3 is 2.71 bits per heavy atom. The smallest absolute Gasteiger partial charge is 0.0417 e. The quantitative estimate of drug-likeness (QED) is 0.899. The molecule has 114 valence electrons. The summed E-state index contributed by atoms with van der Waals surface area (Å²) in [7, 11) is 2.34. The molecule has 3 heteroatoms. The highest BCUT2D eigenvalue weighted by Gasteiger charge is 2.37. The molecule has 1 aromatic carbocycles. The van der Waals surface area contributed by atoms with E-state index >= 15 is 0 Å². The summed E-state index contributed by atoms with van der Waals surface area (Å²) in [5.41, 5.74) is 3.10. The van der Waals surface area contributed by atoms with Crippen LogP contribution >= 0.6 is 11.8 Å².